The van der Waals surface area contributed by atoms with E-state index in [2.05, 4.69) is 0 Å². The molecule has 1 aliphatic carbocycles. The molecule has 0 bridgehead atoms. The van der Waals surface area contributed by atoms with E-state index < -0.39 is 24.6 Å². The van der Waals surface area contributed by atoms with E-state index in [1.54, 1.807) is 28.8 Å². The second kappa shape index (κ2) is 15.1. The van der Waals surface area contributed by atoms with E-state index in [0.717, 1.165) is 24.1 Å². The average Bonchev–Trinajstić information content (AvgIpc) is 3.22. The zero-order chi connectivity index (χ0) is 27.1. The van der Waals surface area contributed by atoms with Crippen LogP contribution in [0.5, 0.6) is 0 Å². The van der Waals surface area contributed by atoms with Crippen LogP contribution in [-0.4, -0.2) is 62.6 Å². The summed E-state index contributed by atoms with van der Waals surface area (Å²) in [5, 5.41) is 35.8. The molecule has 0 aliphatic heterocycles. The summed E-state index contributed by atoms with van der Waals surface area (Å²) in [6.07, 6.45) is 3.58. The Bertz CT molecular complexity index is 1050. The molecule has 204 valence electrons. The maximum Gasteiger partial charge on any atom is 1.00 e. The number of aromatic nitrogens is 2. The van der Waals surface area contributed by atoms with Gasteiger partial charge in [-0.15, -0.1) is 0 Å². The number of carbonyl (C=O) groups excluding carboxylic acids is 2. The quantitative estimate of drug-likeness (QED) is 0.366. The van der Waals surface area contributed by atoms with Gasteiger partial charge >= 0.3 is 29.6 Å². The van der Waals surface area contributed by atoms with E-state index in [4.69, 9.17) is 5.10 Å². The Morgan fingerprint density at radius 1 is 1.13 bits per heavy atom. The summed E-state index contributed by atoms with van der Waals surface area (Å²) < 4.78 is 15.3. The van der Waals surface area contributed by atoms with Gasteiger partial charge in [0.2, 0.25) is 0 Å². The molecule has 2 aromatic rings. The van der Waals surface area contributed by atoms with E-state index in [9.17, 15) is 29.3 Å². The van der Waals surface area contributed by atoms with Gasteiger partial charge in [-0.25, -0.2) is 9.07 Å². The first-order valence-corrected chi connectivity index (χ1v) is 13.3. The molecule has 1 heterocycles. The van der Waals surface area contributed by atoms with Crippen molar-refractivity contribution in [2.75, 3.05) is 13.6 Å². The van der Waals surface area contributed by atoms with Crippen molar-refractivity contribution in [3.8, 4) is 5.69 Å². The Labute approximate surface area is 246 Å². The standard InChI is InChI=1S/C28H40FN3O5.Na/c1-18(2)26-24(14-13-22(33)15-23(34)16-25(35)36)32(21-11-9-20(29)10-12-21)30-27(26)28(37)31(3)17-19-7-5-4-6-8-19;/h9-12,18-19,22-23,33-34H,4-8,13-17H2,1-3H3,(H,35,36);/q;+1/p-1/t22-,23-;/m1./s1. The minimum Gasteiger partial charge on any atom is -0.550 e. The summed E-state index contributed by atoms with van der Waals surface area (Å²) in [5.41, 5.74) is 2.44. The largest absolute Gasteiger partial charge is 1.00 e. The van der Waals surface area contributed by atoms with Crippen molar-refractivity contribution in [1.29, 1.82) is 0 Å². The minimum absolute atomic E-state index is 0. The first-order valence-electron chi connectivity index (χ1n) is 13.3. The van der Waals surface area contributed by atoms with Crippen molar-refractivity contribution in [2.24, 2.45) is 5.92 Å². The Hall–Kier alpha value is -1.78. The second-order valence-electron chi connectivity index (χ2n) is 10.6. The van der Waals surface area contributed by atoms with Crippen molar-refractivity contribution in [3.63, 3.8) is 0 Å². The zero-order valence-corrected chi connectivity index (χ0v) is 25.0. The fourth-order valence-corrected chi connectivity index (χ4v) is 5.30. The minimum atomic E-state index is -1.38. The van der Waals surface area contributed by atoms with Crippen LogP contribution in [0.3, 0.4) is 0 Å². The van der Waals surface area contributed by atoms with Crippen LogP contribution in [-0.2, 0) is 11.2 Å². The molecule has 0 unspecified atom stereocenters. The molecule has 0 spiro atoms. The van der Waals surface area contributed by atoms with E-state index >= 15 is 0 Å². The van der Waals surface area contributed by atoms with Crippen molar-refractivity contribution in [1.82, 2.24) is 14.7 Å². The molecule has 3 rings (SSSR count). The van der Waals surface area contributed by atoms with Crippen molar-refractivity contribution < 1.29 is 58.9 Å². The molecule has 1 aromatic carbocycles. The van der Waals surface area contributed by atoms with Gasteiger partial charge in [-0.05, 0) is 68.2 Å². The SMILES string of the molecule is CC(C)c1c(C(=O)N(C)CC2CCCCC2)nn(-c2ccc(F)cc2)c1CC[C@@H](O)C[C@@H](O)CC(=O)[O-].[Na+]. The first-order chi connectivity index (χ1) is 17.6. The Balaban J connectivity index is 0.00000507. The molecule has 1 fully saturated rings. The maximum absolute atomic E-state index is 13.6. The number of aliphatic carboxylic acids is 1. The number of aliphatic hydroxyl groups is 2. The fraction of sp³-hybridized carbons (Fsp3) is 0.607. The number of carbonyl (C=O) groups is 2. The molecule has 38 heavy (non-hydrogen) atoms. The molecule has 1 saturated carbocycles. The third-order valence-electron chi connectivity index (χ3n) is 7.14. The Morgan fingerprint density at radius 3 is 2.34 bits per heavy atom. The van der Waals surface area contributed by atoms with Gasteiger partial charge in [0.1, 0.15) is 5.82 Å². The van der Waals surface area contributed by atoms with Crippen LogP contribution in [0.1, 0.15) is 92.9 Å². The molecule has 10 heteroatoms. The van der Waals surface area contributed by atoms with Crippen LogP contribution in [0, 0.1) is 11.7 Å². The predicted molar refractivity (Wildman–Crippen MR) is 136 cm³/mol. The Morgan fingerprint density at radius 2 is 1.76 bits per heavy atom. The number of carboxylic acids is 1. The first kappa shape index (κ1) is 32.4. The van der Waals surface area contributed by atoms with Crippen LogP contribution in [0.2, 0.25) is 0 Å². The smallest absolute Gasteiger partial charge is 0.550 e. The number of halogens is 1. The summed E-state index contributed by atoms with van der Waals surface area (Å²) in [6, 6.07) is 5.85. The number of nitrogens with zero attached hydrogens (tertiary/aromatic N) is 3. The number of amides is 1. The molecule has 0 radical (unpaired) electrons. The van der Waals surface area contributed by atoms with E-state index in [1.165, 1.54) is 31.4 Å². The molecule has 8 nitrogen and oxygen atoms in total. The normalized spacial score (nSPS) is 15.7. The van der Waals surface area contributed by atoms with E-state index in [1.807, 2.05) is 13.8 Å². The van der Waals surface area contributed by atoms with E-state index in [0.29, 0.717) is 30.3 Å². The molecule has 2 N–H and O–H groups in total. The third-order valence-corrected chi connectivity index (χ3v) is 7.14. The van der Waals surface area contributed by atoms with Gasteiger partial charge in [0, 0.05) is 37.2 Å². The van der Waals surface area contributed by atoms with Gasteiger partial charge < -0.3 is 25.0 Å². The number of benzene rings is 1. The van der Waals surface area contributed by atoms with Crippen molar-refractivity contribution in [2.45, 2.75) is 89.8 Å². The molecular formula is C28H39FN3NaO5. The molecule has 2 atom stereocenters. The maximum atomic E-state index is 13.6. The van der Waals surface area contributed by atoms with Gasteiger partial charge in [0.25, 0.3) is 5.91 Å². The molecule has 0 saturated heterocycles. The predicted octanol–water partition coefficient (Wildman–Crippen LogP) is -0.0244. The number of hydrogen-bond acceptors (Lipinski definition) is 6. The van der Waals surface area contributed by atoms with E-state index in [-0.39, 0.29) is 60.0 Å². The molecule has 1 amide bonds. The van der Waals surface area contributed by atoms with Crippen molar-refractivity contribution >= 4 is 11.9 Å². The van der Waals surface area contributed by atoms with Crippen molar-refractivity contribution in [3.05, 3.63) is 47.0 Å². The van der Waals surface area contributed by atoms with Crippen LogP contribution in [0.15, 0.2) is 24.3 Å². The molecular weight excluding hydrogens is 500 g/mol. The van der Waals surface area contributed by atoms with Crippen LogP contribution in [0.4, 0.5) is 4.39 Å². The summed E-state index contributed by atoms with van der Waals surface area (Å²) in [4.78, 5) is 26.1. The number of carboxylic acid groups (broad SMARTS) is 1. The van der Waals surface area contributed by atoms with Gasteiger partial charge in [0.15, 0.2) is 5.69 Å². The summed E-state index contributed by atoms with van der Waals surface area (Å²) in [7, 11) is 1.81. The number of hydrogen-bond donors (Lipinski definition) is 2. The Kier molecular flexibility index (Phi) is 12.9. The van der Waals surface area contributed by atoms with Gasteiger partial charge in [-0.3, -0.25) is 4.79 Å². The second-order valence-corrected chi connectivity index (χ2v) is 10.6. The summed E-state index contributed by atoms with van der Waals surface area (Å²) >= 11 is 0. The molecule has 1 aromatic heterocycles. The van der Waals surface area contributed by atoms with Crippen LogP contribution >= 0.6 is 0 Å². The van der Waals surface area contributed by atoms with Gasteiger partial charge in [-0.2, -0.15) is 5.10 Å². The number of aliphatic hydroxyl groups excluding tert-OH is 2. The average molecular weight is 540 g/mol. The van der Waals surface area contributed by atoms with Crippen LogP contribution < -0.4 is 34.7 Å². The monoisotopic (exact) mass is 539 g/mol. The topological polar surface area (TPSA) is 119 Å². The summed E-state index contributed by atoms with van der Waals surface area (Å²) in [5.74, 6) is -1.50. The van der Waals surface area contributed by atoms with Gasteiger partial charge in [0.05, 0.1) is 17.9 Å². The number of rotatable bonds is 12. The fourth-order valence-electron chi connectivity index (χ4n) is 5.30. The van der Waals surface area contributed by atoms with Crippen LogP contribution in [0.25, 0.3) is 5.69 Å². The zero-order valence-electron chi connectivity index (χ0n) is 23.0. The summed E-state index contributed by atoms with van der Waals surface area (Å²) in [6.45, 7) is 4.63. The molecule has 1 aliphatic rings. The third kappa shape index (κ3) is 8.88. The van der Waals surface area contributed by atoms with Gasteiger partial charge in [-0.1, -0.05) is 33.1 Å².